The zero-order valence-corrected chi connectivity index (χ0v) is 14.8. The summed E-state index contributed by atoms with van der Waals surface area (Å²) in [5.74, 6) is 0.470. The lowest BCUT2D eigenvalue weighted by Crippen LogP contribution is -2.34. The molecule has 0 aliphatic carbocycles. The molecule has 6 nitrogen and oxygen atoms in total. The van der Waals surface area contributed by atoms with Gasteiger partial charge in [-0.2, -0.15) is 4.31 Å². The monoisotopic (exact) mass is 349 g/mol. The maximum absolute atomic E-state index is 13.1. The van der Waals surface area contributed by atoms with Gasteiger partial charge in [-0.1, -0.05) is 6.07 Å². The van der Waals surface area contributed by atoms with Crippen molar-refractivity contribution in [2.75, 3.05) is 26.2 Å². The molecule has 0 saturated carbocycles. The average Bonchev–Trinajstić information content (AvgIpc) is 2.84. The predicted molar refractivity (Wildman–Crippen MR) is 93.8 cm³/mol. The Morgan fingerprint density at radius 2 is 2.00 bits per heavy atom. The highest BCUT2D eigenvalue weighted by Crippen LogP contribution is 2.30. The first kappa shape index (κ1) is 17.1. The summed E-state index contributed by atoms with van der Waals surface area (Å²) in [5.41, 5.74) is 0. The average molecular weight is 349 g/mol. The summed E-state index contributed by atoms with van der Waals surface area (Å²) in [7, 11) is -3.55. The lowest BCUT2D eigenvalue weighted by atomic mass is 10.2. The number of hydrogen-bond donors (Lipinski definition) is 1. The van der Waals surface area contributed by atoms with Crippen molar-refractivity contribution < 1.29 is 13.2 Å². The van der Waals surface area contributed by atoms with Gasteiger partial charge in [-0.15, -0.1) is 0 Å². The number of aromatic nitrogens is 1. The first-order valence-electron chi connectivity index (χ1n) is 8.25. The van der Waals surface area contributed by atoms with E-state index in [0.29, 0.717) is 35.8 Å². The van der Waals surface area contributed by atoms with Crippen molar-refractivity contribution in [1.82, 2.24) is 14.6 Å². The van der Waals surface area contributed by atoms with Crippen molar-refractivity contribution in [2.45, 2.75) is 31.3 Å². The highest BCUT2D eigenvalue weighted by Gasteiger charge is 2.27. The van der Waals surface area contributed by atoms with Crippen molar-refractivity contribution in [3.63, 3.8) is 0 Å². The van der Waals surface area contributed by atoms with Crippen molar-refractivity contribution in [1.29, 1.82) is 0 Å². The number of ether oxygens (including phenoxy) is 1. The molecule has 24 heavy (non-hydrogen) atoms. The minimum Gasteiger partial charge on any atom is -0.475 e. The van der Waals surface area contributed by atoms with Crippen LogP contribution in [0.2, 0.25) is 0 Å². The third-order valence-electron chi connectivity index (χ3n) is 3.99. The fourth-order valence-electron chi connectivity index (χ4n) is 2.89. The van der Waals surface area contributed by atoms with E-state index in [9.17, 15) is 8.42 Å². The number of nitrogens with zero attached hydrogens (tertiary/aromatic N) is 2. The molecule has 3 rings (SSSR count). The van der Waals surface area contributed by atoms with E-state index in [1.54, 1.807) is 28.7 Å². The van der Waals surface area contributed by atoms with E-state index in [2.05, 4.69) is 10.3 Å². The zero-order chi connectivity index (χ0) is 17.2. The van der Waals surface area contributed by atoms with E-state index >= 15 is 0 Å². The van der Waals surface area contributed by atoms with Gasteiger partial charge in [0.15, 0.2) is 0 Å². The maximum atomic E-state index is 13.1. The van der Waals surface area contributed by atoms with E-state index in [0.717, 1.165) is 18.4 Å². The third kappa shape index (κ3) is 3.38. The van der Waals surface area contributed by atoms with Crippen LogP contribution in [-0.2, 0) is 10.0 Å². The molecule has 7 heteroatoms. The van der Waals surface area contributed by atoms with Gasteiger partial charge in [-0.25, -0.2) is 13.4 Å². The van der Waals surface area contributed by atoms with E-state index < -0.39 is 10.0 Å². The quantitative estimate of drug-likeness (QED) is 0.914. The van der Waals surface area contributed by atoms with Crippen LogP contribution < -0.4 is 10.1 Å². The molecule has 130 valence electrons. The van der Waals surface area contributed by atoms with Crippen LogP contribution in [0.1, 0.15) is 20.3 Å². The second kappa shape index (κ2) is 7.04. The smallest absolute Gasteiger partial charge is 0.243 e. The summed E-state index contributed by atoms with van der Waals surface area (Å²) in [6.45, 7) is 6.38. The molecule has 0 spiro atoms. The highest BCUT2D eigenvalue weighted by atomic mass is 32.2. The summed E-state index contributed by atoms with van der Waals surface area (Å²) in [5, 5.41) is 4.61. The van der Waals surface area contributed by atoms with Crippen molar-refractivity contribution >= 4 is 20.8 Å². The van der Waals surface area contributed by atoms with Gasteiger partial charge in [-0.05, 0) is 45.0 Å². The number of hydrogen-bond acceptors (Lipinski definition) is 5. The topological polar surface area (TPSA) is 71.5 Å². The van der Waals surface area contributed by atoms with Gasteiger partial charge in [0.2, 0.25) is 15.9 Å². The lowest BCUT2D eigenvalue weighted by Gasteiger charge is -2.21. The summed E-state index contributed by atoms with van der Waals surface area (Å²) < 4.78 is 33.5. The molecule has 2 heterocycles. The van der Waals surface area contributed by atoms with Gasteiger partial charge in [0.1, 0.15) is 0 Å². The molecule has 1 N–H and O–H groups in total. The highest BCUT2D eigenvalue weighted by molar-refractivity contribution is 7.89. The van der Waals surface area contributed by atoms with Crippen LogP contribution in [0.3, 0.4) is 0 Å². The Labute approximate surface area is 142 Å². The van der Waals surface area contributed by atoms with Gasteiger partial charge >= 0.3 is 0 Å². The molecule has 0 atom stereocenters. The Balaban J connectivity index is 2.09. The molecule has 1 aromatic heterocycles. The van der Waals surface area contributed by atoms with Crippen LogP contribution in [0.4, 0.5) is 0 Å². The molecular weight excluding hydrogens is 326 g/mol. The van der Waals surface area contributed by atoms with Gasteiger partial charge in [0.25, 0.3) is 0 Å². The zero-order valence-electron chi connectivity index (χ0n) is 14.0. The molecule has 1 aliphatic heterocycles. The van der Waals surface area contributed by atoms with Gasteiger partial charge in [0, 0.05) is 36.6 Å². The van der Waals surface area contributed by atoms with Crippen LogP contribution >= 0.6 is 0 Å². The molecule has 1 aliphatic rings. The summed E-state index contributed by atoms with van der Waals surface area (Å²) >= 11 is 0. The molecule has 0 radical (unpaired) electrons. The summed E-state index contributed by atoms with van der Waals surface area (Å²) in [6.07, 6.45) is 2.39. The fraction of sp³-hybridized carbons (Fsp3) is 0.471. The Hall–Kier alpha value is -1.70. The van der Waals surface area contributed by atoms with E-state index in [-0.39, 0.29) is 6.10 Å². The minimum atomic E-state index is -3.55. The Morgan fingerprint density at radius 1 is 1.17 bits per heavy atom. The van der Waals surface area contributed by atoms with Crippen LogP contribution in [-0.4, -0.2) is 50.0 Å². The normalized spacial score (nSPS) is 17.1. The van der Waals surface area contributed by atoms with E-state index in [4.69, 9.17) is 4.74 Å². The molecular formula is C17H23N3O3S. The number of nitrogens with one attached hydrogen (secondary N) is 1. The van der Waals surface area contributed by atoms with Crippen LogP contribution in [0.25, 0.3) is 10.8 Å². The summed E-state index contributed by atoms with van der Waals surface area (Å²) in [6, 6.07) is 7.00. The third-order valence-corrected chi connectivity index (χ3v) is 5.95. The molecule has 1 saturated heterocycles. The van der Waals surface area contributed by atoms with Crippen LogP contribution in [0, 0.1) is 0 Å². The number of sulfonamides is 1. The fourth-order valence-corrected chi connectivity index (χ4v) is 4.58. The summed E-state index contributed by atoms with van der Waals surface area (Å²) in [4.78, 5) is 4.57. The molecule has 0 amide bonds. The minimum absolute atomic E-state index is 0.0277. The second-order valence-corrected chi connectivity index (χ2v) is 8.05. The second-order valence-electron chi connectivity index (χ2n) is 6.14. The Bertz CT molecular complexity index is 813. The standard InChI is InChI=1S/C17H23N3O3S/c1-13(2)23-17-15-5-3-6-16(14(15)7-9-19-17)24(21,22)20-11-4-8-18-10-12-20/h3,5-7,9,13,18H,4,8,10-12H2,1-2H3. The molecule has 0 bridgehead atoms. The SMILES string of the molecule is CC(C)Oc1nccc2c(S(=O)(=O)N3CCCNCC3)cccc12. The lowest BCUT2D eigenvalue weighted by molar-refractivity contribution is 0.236. The first-order valence-corrected chi connectivity index (χ1v) is 9.69. The van der Waals surface area contributed by atoms with Gasteiger partial charge in [-0.3, -0.25) is 0 Å². The predicted octanol–water partition coefficient (Wildman–Crippen LogP) is 2.01. The number of fused-ring (bicyclic) bond motifs is 1. The van der Waals surface area contributed by atoms with Crippen LogP contribution in [0.5, 0.6) is 5.88 Å². The molecule has 2 aromatic rings. The van der Waals surface area contributed by atoms with Crippen molar-refractivity contribution in [3.8, 4) is 5.88 Å². The van der Waals surface area contributed by atoms with E-state index in [1.807, 2.05) is 19.9 Å². The molecule has 1 fully saturated rings. The Morgan fingerprint density at radius 3 is 2.79 bits per heavy atom. The number of pyridine rings is 1. The number of benzene rings is 1. The van der Waals surface area contributed by atoms with Crippen molar-refractivity contribution in [3.05, 3.63) is 30.5 Å². The Kier molecular flexibility index (Phi) is 5.03. The molecule has 0 unspecified atom stereocenters. The molecule has 1 aromatic carbocycles. The van der Waals surface area contributed by atoms with Crippen molar-refractivity contribution in [2.24, 2.45) is 0 Å². The first-order chi connectivity index (χ1) is 11.5. The van der Waals surface area contributed by atoms with E-state index in [1.165, 1.54) is 0 Å². The largest absolute Gasteiger partial charge is 0.475 e. The van der Waals surface area contributed by atoms with Crippen LogP contribution in [0.15, 0.2) is 35.4 Å². The number of rotatable bonds is 4. The van der Waals surface area contributed by atoms with Gasteiger partial charge in [0.05, 0.1) is 11.0 Å². The van der Waals surface area contributed by atoms with Gasteiger partial charge < -0.3 is 10.1 Å². The maximum Gasteiger partial charge on any atom is 0.243 e.